The number of methoxy groups -OCH3 is 1. The van der Waals surface area contributed by atoms with Gasteiger partial charge in [0.2, 0.25) is 6.29 Å². The molecule has 1 aliphatic heterocycles. The third-order valence-corrected chi connectivity index (χ3v) is 4.52. The Morgan fingerprint density at radius 3 is 2.72 bits per heavy atom. The molecular formula is C23H20FNO4. The van der Waals surface area contributed by atoms with Gasteiger partial charge in [0.25, 0.3) is 0 Å². The van der Waals surface area contributed by atoms with E-state index in [1.807, 2.05) is 54.6 Å². The Bertz CT molecular complexity index is 1010. The van der Waals surface area contributed by atoms with Gasteiger partial charge in [0.05, 0.1) is 19.9 Å². The molecule has 148 valence electrons. The fourth-order valence-electron chi connectivity index (χ4n) is 3.13. The number of nitrogens with zero attached hydrogens (tertiary/aromatic N) is 1. The molecule has 0 aromatic heterocycles. The Morgan fingerprint density at radius 1 is 1.10 bits per heavy atom. The normalized spacial score (nSPS) is 15.6. The average molecular weight is 393 g/mol. The van der Waals surface area contributed by atoms with E-state index in [4.69, 9.17) is 19.0 Å². The van der Waals surface area contributed by atoms with Gasteiger partial charge < -0.3 is 19.0 Å². The van der Waals surface area contributed by atoms with E-state index in [0.29, 0.717) is 22.6 Å². The van der Waals surface area contributed by atoms with Crippen LogP contribution in [0.4, 0.5) is 4.39 Å². The van der Waals surface area contributed by atoms with E-state index in [0.717, 1.165) is 11.1 Å². The minimum atomic E-state index is -0.551. The molecular weight excluding hydrogens is 373 g/mol. The van der Waals surface area contributed by atoms with Crippen LogP contribution in [0.1, 0.15) is 28.5 Å². The van der Waals surface area contributed by atoms with Gasteiger partial charge in [0.15, 0.2) is 0 Å². The Kier molecular flexibility index (Phi) is 5.72. The summed E-state index contributed by atoms with van der Waals surface area (Å²) in [6.07, 6.45) is 1.01. The Balaban J connectivity index is 1.50. The van der Waals surface area contributed by atoms with E-state index in [1.54, 1.807) is 13.3 Å². The molecule has 0 aliphatic carbocycles. The number of hydrogen-bond acceptors (Lipinski definition) is 5. The molecule has 0 N–H and O–H groups in total. The predicted octanol–water partition coefficient (Wildman–Crippen LogP) is 4.99. The zero-order valence-electron chi connectivity index (χ0n) is 15.9. The topological polar surface area (TPSA) is 49.3 Å². The van der Waals surface area contributed by atoms with Crippen LogP contribution in [0.2, 0.25) is 0 Å². The van der Waals surface area contributed by atoms with E-state index >= 15 is 0 Å². The van der Waals surface area contributed by atoms with Gasteiger partial charge in [-0.2, -0.15) is 0 Å². The van der Waals surface area contributed by atoms with Crippen LogP contribution in [0.5, 0.6) is 11.5 Å². The van der Waals surface area contributed by atoms with Crippen molar-refractivity contribution in [2.75, 3.05) is 7.11 Å². The van der Waals surface area contributed by atoms with Crippen molar-refractivity contribution in [2.24, 2.45) is 5.16 Å². The molecule has 0 saturated carbocycles. The summed E-state index contributed by atoms with van der Waals surface area (Å²) in [6, 6.07) is 19.9. The average Bonchev–Trinajstić information content (AvgIpc) is 2.77. The summed E-state index contributed by atoms with van der Waals surface area (Å²) >= 11 is 0. The maximum absolute atomic E-state index is 14.0. The smallest absolute Gasteiger partial charge is 0.227 e. The molecule has 0 spiro atoms. The van der Waals surface area contributed by atoms with Gasteiger partial charge in [0.1, 0.15) is 23.9 Å². The van der Waals surface area contributed by atoms with Crippen molar-refractivity contribution in [2.45, 2.75) is 19.5 Å². The SMILES string of the molecule is COc1ccccc1/C=N\OCc1cc(F)cc2c1O[C@H](c1ccccc1)OC2. The maximum atomic E-state index is 14.0. The van der Waals surface area contributed by atoms with Gasteiger partial charge in [-0.25, -0.2) is 4.39 Å². The monoisotopic (exact) mass is 393 g/mol. The molecule has 3 aromatic carbocycles. The lowest BCUT2D eigenvalue weighted by Crippen LogP contribution is -2.19. The second-order valence-corrected chi connectivity index (χ2v) is 6.47. The van der Waals surface area contributed by atoms with Crippen LogP contribution in [0.25, 0.3) is 0 Å². The first-order valence-electron chi connectivity index (χ1n) is 9.17. The second kappa shape index (κ2) is 8.75. The highest BCUT2D eigenvalue weighted by molar-refractivity contribution is 5.83. The zero-order chi connectivity index (χ0) is 20.1. The van der Waals surface area contributed by atoms with Crippen molar-refractivity contribution in [1.29, 1.82) is 0 Å². The first-order valence-corrected chi connectivity index (χ1v) is 9.17. The summed E-state index contributed by atoms with van der Waals surface area (Å²) in [5.74, 6) is 0.884. The molecule has 0 saturated heterocycles. The second-order valence-electron chi connectivity index (χ2n) is 6.47. The fourth-order valence-corrected chi connectivity index (χ4v) is 3.13. The number of rotatable bonds is 6. The van der Waals surface area contributed by atoms with E-state index in [9.17, 15) is 4.39 Å². The molecule has 0 radical (unpaired) electrons. The molecule has 1 atom stereocenters. The Morgan fingerprint density at radius 2 is 1.90 bits per heavy atom. The van der Waals surface area contributed by atoms with Crippen LogP contribution in [0.3, 0.4) is 0 Å². The van der Waals surface area contributed by atoms with Gasteiger partial charge in [-0.3, -0.25) is 0 Å². The van der Waals surface area contributed by atoms with Crippen molar-refractivity contribution < 1.29 is 23.4 Å². The highest BCUT2D eigenvalue weighted by atomic mass is 19.1. The molecule has 5 nitrogen and oxygen atoms in total. The largest absolute Gasteiger partial charge is 0.496 e. The quantitative estimate of drug-likeness (QED) is 0.437. The minimum absolute atomic E-state index is 0.0628. The lowest BCUT2D eigenvalue weighted by atomic mass is 10.1. The van der Waals surface area contributed by atoms with Crippen LogP contribution < -0.4 is 9.47 Å². The van der Waals surface area contributed by atoms with Crippen molar-refractivity contribution in [3.8, 4) is 11.5 Å². The number of para-hydroxylation sites is 1. The molecule has 29 heavy (non-hydrogen) atoms. The van der Waals surface area contributed by atoms with E-state index < -0.39 is 6.29 Å². The highest BCUT2D eigenvalue weighted by Crippen LogP contribution is 2.36. The standard InChI is InChI=1S/C23H20FNO4/c1-26-21-10-6-5-9-17(21)13-25-28-15-19-12-20(24)11-18-14-27-23(29-22(18)19)16-7-3-2-4-8-16/h2-13,23H,14-15H2,1H3/b25-13-/t23-/m1/s1. The lowest BCUT2D eigenvalue weighted by Gasteiger charge is -2.28. The van der Waals surface area contributed by atoms with Crippen LogP contribution in [-0.4, -0.2) is 13.3 Å². The summed E-state index contributed by atoms with van der Waals surface area (Å²) in [5, 5.41) is 3.99. The van der Waals surface area contributed by atoms with Crippen LogP contribution in [0, 0.1) is 5.82 Å². The molecule has 0 bridgehead atoms. The van der Waals surface area contributed by atoms with Crippen molar-refractivity contribution in [1.82, 2.24) is 0 Å². The van der Waals surface area contributed by atoms with Crippen molar-refractivity contribution in [3.63, 3.8) is 0 Å². The summed E-state index contributed by atoms with van der Waals surface area (Å²) in [4.78, 5) is 5.41. The molecule has 0 fully saturated rings. The Hall–Kier alpha value is -3.38. The number of benzene rings is 3. The number of ether oxygens (including phenoxy) is 3. The molecule has 6 heteroatoms. The van der Waals surface area contributed by atoms with Gasteiger partial charge in [-0.05, 0) is 24.3 Å². The fraction of sp³-hybridized carbons (Fsp3) is 0.174. The molecule has 1 aliphatic rings. The number of fused-ring (bicyclic) bond motifs is 1. The van der Waals surface area contributed by atoms with Crippen molar-refractivity contribution in [3.05, 3.63) is 94.8 Å². The summed E-state index contributed by atoms with van der Waals surface area (Å²) in [7, 11) is 1.59. The molecule has 0 amide bonds. The zero-order valence-corrected chi connectivity index (χ0v) is 15.9. The van der Waals surface area contributed by atoms with Gasteiger partial charge in [0, 0.05) is 22.3 Å². The molecule has 0 unspecified atom stereocenters. The third kappa shape index (κ3) is 4.38. The van der Waals surface area contributed by atoms with Crippen LogP contribution in [0.15, 0.2) is 71.9 Å². The summed E-state index contributed by atoms with van der Waals surface area (Å²) in [5.41, 5.74) is 2.89. The minimum Gasteiger partial charge on any atom is -0.496 e. The summed E-state index contributed by atoms with van der Waals surface area (Å²) in [6.45, 7) is 0.317. The summed E-state index contributed by atoms with van der Waals surface area (Å²) < 4.78 is 31.1. The lowest BCUT2D eigenvalue weighted by molar-refractivity contribution is -0.112. The van der Waals surface area contributed by atoms with E-state index in [-0.39, 0.29) is 19.0 Å². The van der Waals surface area contributed by atoms with E-state index in [1.165, 1.54) is 12.1 Å². The van der Waals surface area contributed by atoms with Crippen LogP contribution in [-0.2, 0) is 22.8 Å². The van der Waals surface area contributed by atoms with Crippen LogP contribution >= 0.6 is 0 Å². The number of oxime groups is 1. The maximum Gasteiger partial charge on any atom is 0.227 e. The first-order chi connectivity index (χ1) is 14.2. The highest BCUT2D eigenvalue weighted by Gasteiger charge is 2.25. The van der Waals surface area contributed by atoms with Gasteiger partial charge in [-0.1, -0.05) is 47.6 Å². The van der Waals surface area contributed by atoms with E-state index in [2.05, 4.69) is 5.16 Å². The number of halogens is 1. The van der Waals surface area contributed by atoms with Gasteiger partial charge in [-0.15, -0.1) is 0 Å². The molecule has 3 aromatic rings. The predicted molar refractivity (Wildman–Crippen MR) is 106 cm³/mol. The molecule has 1 heterocycles. The first kappa shape index (κ1) is 19.0. The van der Waals surface area contributed by atoms with Gasteiger partial charge >= 0.3 is 0 Å². The number of hydrogen-bond donors (Lipinski definition) is 0. The molecule has 4 rings (SSSR count). The third-order valence-electron chi connectivity index (χ3n) is 4.52. The Labute approximate surface area is 168 Å². The van der Waals surface area contributed by atoms with Crippen molar-refractivity contribution >= 4 is 6.21 Å².